The minimum absolute atomic E-state index is 0.0456. The van der Waals surface area contributed by atoms with E-state index < -0.39 is 0 Å². The molecule has 0 N–H and O–H groups in total. The van der Waals surface area contributed by atoms with Gasteiger partial charge in [-0.3, -0.25) is 9.59 Å². The topological polar surface area (TPSA) is 40.6 Å². The molecule has 134 valence electrons. The van der Waals surface area contributed by atoms with Gasteiger partial charge in [-0.1, -0.05) is 60.7 Å². The Hall–Kier alpha value is -1.92. The summed E-state index contributed by atoms with van der Waals surface area (Å²) >= 11 is 3.32. The number of rotatable bonds is 5. The molecule has 6 heteroatoms. The summed E-state index contributed by atoms with van der Waals surface area (Å²) in [6.45, 7) is 1.14. The third-order valence-corrected chi connectivity index (χ3v) is 7.20. The molecule has 0 aliphatic carbocycles. The molecule has 26 heavy (non-hydrogen) atoms. The van der Waals surface area contributed by atoms with Crippen molar-refractivity contribution in [3.63, 3.8) is 0 Å². The molecule has 2 saturated heterocycles. The van der Waals surface area contributed by atoms with Crippen molar-refractivity contribution in [3.8, 4) is 0 Å². The van der Waals surface area contributed by atoms with E-state index in [4.69, 9.17) is 0 Å². The highest BCUT2D eigenvalue weighted by Gasteiger charge is 2.36. The van der Waals surface area contributed by atoms with E-state index in [0.29, 0.717) is 24.6 Å². The highest BCUT2D eigenvalue weighted by atomic mass is 32.2. The molecule has 0 saturated carbocycles. The average Bonchev–Trinajstić information content (AvgIpc) is 3.24. The highest BCUT2D eigenvalue weighted by molar-refractivity contribution is 8.00. The van der Waals surface area contributed by atoms with Crippen LogP contribution in [-0.4, -0.2) is 46.2 Å². The zero-order valence-corrected chi connectivity index (χ0v) is 15.9. The predicted octanol–water partition coefficient (Wildman–Crippen LogP) is 3.53. The summed E-state index contributed by atoms with van der Waals surface area (Å²) in [7, 11) is 0. The summed E-state index contributed by atoms with van der Waals surface area (Å²) < 4.78 is 0. The van der Waals surface area contributed by atoms with Crippen molar-refractivity contribution in [2.75, 3.05) is 24.6 Å². The largest absolute Gasteiger partial charge is 0.324 e. The Labute approximate surface area is 161 Å². The predicted molar refractivity (Wildman–Crippen MR) is 107 cm³/mol. The summed E-state index contributed by atoms with van der Waals surface area (Å²) in [5, 5.41) is 0.0912. The van der Waals surface area contributed by atoms with Gasteiger partial charge in [0.15, 0.2) is 0 Å². The van der Waals surface area contributed by atoms with Crippen LogP contribution in [-0.2, 0) is 9.59 Å². The van der Waals surface area contributed by atoms with E-state index >= 15 is 0 Å². The zero-order chi connectivity index (χ0) is 17.9. The van der Waals surface area contributed by atoms with Crippen molar-refractivity contribution in [3.05, 3.63) is 71.8 Å². The third-order valence-electron chi connectivity index (χ3n) is 4.69. The van der Waals surface area contributed by atoms with Crippen molar-refractivity contribution in [2.45, 2.75) is 10.7 Å². The monoisotopic (exact) mass is 384 g/mol. The highest BCUT2D eigenvalue weighted by Crippen LogP contribution is 2.40. The molecule has 4 rings (SSSR count). The number of hydrogen-bond donors (Lipinski definition) is 0. The second-order valence-corrected chi connectivity index (χ2v) is 8.46. The molecule has 2 fully saturated rings. The maximum absolute atomic E-state index is 12.4. The first-order chi connectivity index (χ1) is 12.7. The Morgan fingerprint density at radius 3 is 1.46 bits per heavy atom. The Morgan fingerprint density at radius 2 is 1.08 bits per heavy atom. The van der Waals surface area contributed by atoms with Crippen molar-refractivity contribution >= 4 is 35.3 Å². The smallest absolute Gasteiger partial charge is 0.233 e. The van der Waals surface area contributed by atoms with Gasteiger partial charge in [-0.15, -0.1) is 23.5 Å². The fourth-order valence-corrected chi connectivity index (χ4v) is 5.83. The minimum Gasteiger partial charge on any atom is -0.324 e. The van der Waals surface area contributed by atoms with Crippen molar-refractivity contribution < 1.29 is 9.59 Å². The normalized spacial score (nSPS) is 23.1. The van der Waals surface area contributed by atoms with Crippen LogP contribution in [0.4, 0.5) is 0 Å². The number of nitrogens with zero attached hydrogens (tertiary/aromatic N) is 2. The number of carbonyl (C=O) groups excluding carboxylic acids is 2. The first kappa shape index (κ1) is 17.5. The van der Waals surface area contributed by atoms with Crippen LogP contribution in [0.25, 0.3) is 0 Å². The van der Waals surface area contributed by atoms with Crippen molar-refractivity contribution in [1.82, 2.24) is 9.80 Å². The molecule has 0 aromatic heterocycles. The van der Waals surface area contributed by atoms with Crippen LogP contribution >= 0.6 is 23.5 Å². The van der Waals surface area contributed by atoms with Gasteiger partial charge < -0.3 is 9.80 Å². The molecular weight excluding hydrogens is 364 g/mol. The van der Waals surface area contributed by atoms with E-state index in [1.807, 2.05) is 46.2 Å². The van der Waals surface area contributed by atoms with Crippen LogP contribution in [0.15, 0.2) is 60.7 Å². The lowest BCUT2D eigenvalue weighted by atomic mass is 10.2. The van der Waals surface area contributed by atoms with Crippen LogP contribution in [0.5, 0.6) is 0 Å². The number of hydrogen-bond acceptors (Lipinski definition) is 4. The summed E-state index contributed by atoms with van der Waals surface area (Å²) in [5.74, 6) is 1.31. The molecule has 0 bridgehead atoms. The van der Waals surface area contributed by atoms with Gasteiger partial charge >= 0.3 is 0 Å². The van der Waals surface area contributed by atoms with E-state index in [1.165, 1.54) is 0 Å². The molecule has 0 spiro atoms. The number of amides is 2. The van der Waals surface area contributed by atoms with Gasteiger partial charge in [0.1, 0.15) is 10.7 Å². The number of carbonyl (C=O) groups is 2. The average molecular weight is 385 g/mol. The summed E-state index contributed by atoms with van der Waals surface area (Å²) in [6, 6.07) is 20.2. The molecule has 2 amide bonds. The van der Waals surface area contributed by atoms with Gasteiger partial charge in [-0.05, 0) is 11.1 Å². The Kier molecular flexibility index (Phi) is 5.22. The standard InChI is InChI=1S/C20H20N2O2S2/c23-17-13-25-19(15-7-3-1-4-8-15)21(17)11-12-22-18(24)14-26-20(22)16-9-5-2-6-10-16/h1-10,19-20H,11-14H2/t19-,20-/m0/s1. The molecule has 0 unspecified atom stereocenters. The number of benzene rings is 2. The summed E-state index contributed by atoms with van der Waals surface area (Å²) in [5.41, 5.74) is 2.29. The van der Waals surface area contributed by atoms with Crippen LogP contribution in [0.2, 0.25) is 0 Å². The zero-order valence-electron chi connectivity index (χ0n) is 14.3. The maximum atomic E-state index is 12.4. The van der Waals surface area contributed by atoms with Gasteiger partial charge in [0, 0.05) is 13.1 Å². The fourth-order valence-electron chi connectivity index (χ4n) is 3.39. The minimum atomic E-state index is 0.0456. The van der Waals surface area contributed by atoms with Crippen LogP contribution < -0.4 is 0 Å². The third kappa shape index (κ3) is 3.48. The lowest BCUT2D eigenvalue weighted by Crippen LogP contribution is -2.39. The van der Waals surface area contributed by atoms with Crippen LogP contribution in [0.1, 0.15) is 21.9 Å². The van der Waals surface area contributed by atoms with E-state index in [-0.39, 0.29) is 22.6 Å². The van der Waals surface area contributed by atoms with E-state index in [0.717, 1.165) is 11.1 Å². The molecule has 2 aliphatic heterocycles. The molecule has 2 heterocycles. The Balaban J connectivity index is 1.48. The van der Waals surface area contributed by atoms with Crippen LogP contribution in [0, 0.1) is 0 Å². The second-order valence-electron chi connectivity index (χ2n) is 6.32. The first-order valence-electron chi connectivity index (χ1n) is 8.66. The van der Waals surface area contributed by atoms with Gasteiger partial charge in [0.05, 0.1) is 11.5 Å². The Bertz CT molecular complexity index is 717. The van der Waals surface area contributed by atoms with E-state index in [9.17, 15) is 9.59 Å². The summed E-state index contributed by atoms with van der Waals surface area (Å²) in [4.78, 5) is 28.6. The van der Waals surface area contributed by atoms with Gasteiger partial charge in [0.25, 0.3) is 0 Å². The molecule has 2 aromatic rings. The molecule has 4 nitrogen and oxygen atoms in total. The van der Waals surface area contributed by atoms with Crippen molar-refractivity contribution in [2.24, 2.45) is 0 Å². The maximum Gasteiger partial charge on any atom is 0.233 e. The van der Waals surface area contributed by atoms with E-state index in [2.05, 4.69) is 24.3 Å². The second kappa shape index (κ2) is 7.76. The molecule has 2 aliphatic rings. The SMILES string of the molecule is O=C1CS[C@@H](c2ccccc2)N1CCN1C(=O)CS[C@H]1c1ccccc1. The first-order valence-corrected chi connectivity index (χ1v) is 10.8. The Morgan fingerprint density at radius 1 is 0.692 bits per heavy atom. The number of thioether (sulfide) groups is 2. The quantitative estimate of drug-likeness (QED) is 0.791. The molecule has 2 atom stereocenters. The molecule has 0 radical (unpaired) electrons. The van der Waals surface area contributed by atoms with Gasteiger partial charge in [-0.2, -0.15) is 0 Å². The van der Waals surface area contributed by atoms with Gasteiger partial charge in [-0.25, -0.2) is 0 Å². The lowest BCUT2D eigenvalue weighted by molar-refractivity contribution is -0.132. The lowest BCUT2D eigenvalue weighted by Gasteiger charge is -2.29. The van der Waals surface area contributed by atoms with Gasteiger partial charge in [0.2, 0.25) is 11.8 Å². The fraction of sp³-hybridized carbons (Fsp3) is 0.300. The van der Waals surface area contributed by atoms with Crippen LogP contribution in [0.3, 0.4) is 0 Å². The molecule has 2 aromatic carbocycles. The van der Waals surface area contributed by atoms with Crippen molar-refractivity contribution in [1.29, 1.82) is 0 Å². The molecular formula is C20H20N2O2S2. The summed E-state index contributed by atoms with van der Waals surface area (Å²) in [6.07, 6.45) is 0. The van der Waals surface area contributed by atoms with E-state index in [1.54, 1.807) is 23.5 Å².